The van der Waals surface area contributed by atoms with Gasteiger partial charge in [0.1, 0.15) is 17.2 Å². The first-order valence-electron chi connectivity index (χ1n) is 12.5. The van der Waals surface area contributed by atoms with Crippen molar-refractivity contribution in [2.24, 2.45) is 0 Å². The minimum Gasteiger partial charge on any atom is -0.493 e. The predicted octanol–water partition coefficient (Wildman–Crippen LogP) is 7.82. The molecule has 0 N–H and O–H groups in total. The Balaban J connectivity index is 1.60. The molecule has 0 unspecified atom stereocenters. The van der Waals surface area contributed by atoms with Crippen molar-refractivity contribution in [3.8, 4) is 17.2 Å². The normalized spacial score (nSPS) is 11.2. The lowest BCUT2D eigenvalue weighted by atomic mass is 9.99. The second-order valence-corrected chi connectivity index (χ2v) is 8.80. The van der Waals surface area contributed by atoms with Crippen LogP contribution < -0.4 is 14.2 Å². The van der Waals surface area contributed by atoms with Gasteiger partial charge in [-0.15, -0.1) is 0 Å². The van der Waals surface area contributed by atoms with Crippen molar-refractivity contribution < 1.29 is 23.8 Å². The van der Waals surface area contributed by atoms with E-state index in [9.17, 15) is 9.59 Å². The highest BCUT2D eigenvalue weighted by molar-refractivity contribution is 5.96. The molecule has 0 amide bonds. The Kier molecular flexibility index (Phi) is 8.73. The van der Waals surface area contributed by atoms with E-state index in [4.69, 9.17) is 14.2 Å². The van der Waals surface area contributed by atoms with Crippen LogP contribution in [0.25, 0.3) is 35.1 Å². The second-order valence-electron chi connectivity index (χ2n) is 8.80. The standard InChI is InChI=1S/C33H30O5/c1-4-21-36-33-20-13-28-22-27(6-5-25-7-14-29(15-8-25)37-23(2)34)12-18-31(28)32(33)19-11-26-9-16-30(17-10-26)38-24(3)35/h5-20,22H,4,21H2,1-3H3/b6-5+,19-11+. The van der Waals surface area contributed by atoms with Crippen LogP contribution in [-0.2, 0) is 9.59 Å². The lowest BCUT2D eigenvalue weighted by molar-refractivity contribution is -0.132. The molecule has 0 aromatic heterocycles. The van der Waals surface area contributed by atoms with Crippen LogP contribution in [0.3, 0.4) is 0 Å². The molecule has 5 nitrogen and oxygen atoms in total. The van der Waals surface area contributed by atoms with Crippen LogP contribution in [-0.4, -0.2) is 18.5 Å². The van der Waals surface area contributed by atoms with Crippen molar-refractivity contribution in [3.05, 3.63) is 101 Å². The van der Waals surface area contributed by atoms with Crippen molar-refractivity contribution in [2.75, 3.05) is 6.61 Å². The molecule has 0 fully saturated rings. The summed E-state index contributed by atoms with van der Waals surface area (Å²) >= 11 is 0. The average Bonchev–Trinajstić information content (AvgIpc) is 2.90. The Morgan fingerprint density at radius 1 is 0.658 bits per heavy atom. The van der Waals surface area contributed by atoms with Gasteiger partial charge in [-0.25, -0.2) is 0 Å². The van der Waals surface area contributed by atoms with Crippen LogP contribution in [0.4, 0.5) is 0 Å². The van der Waals surface area contributed by atoms with Crippen LogP contribution in [0, 0.1) is 0 Å². The first-order chi connectivity index (χ1) is 18.4. The van der Waals surface area contributed by atoms with Crippen LogP contribution in [0.5, 0.6) is 17.2 Å². The number of carbonyl (C=O) groups excluding carboxylic acids is 2. The van der Waals surface area contributed by atoms with Gasteiger partial charge in [0.15, 0.2) is 0 Å². The Morgan fingerprint density at radius 2 is 1.18 bits per heavy atom. The molecule has 0 bridgehead atoms. The zero-order valence-corrected chi connectivity index (χ0v) is 21.8. The first kappa shape index (κ1) is 26.4. The lowest BCUT2D eigenvalue weighted by Crippen LogP contribution is -2.00. The van der Waals surface area contributed by atoms with E-state index in [-0.39, 0.29) is 11.9 Å². The first-order valence-corrected chi connectivity index (χ1v) is 12.5. The van der Waals surface area contributed by atoms with Gasteiger partial charge in [-0.3, -0.25) is 9.59 Å². The summed E-state index contributed by atoms with van der Waals surface area (Å²) in [5.41, 5.74) is 4.07. The Morgan fingerprint density at radius 3 is 1.74 bits per heavy atom. The highest BCUT2D eigenvalue weighted by atomic mass is 16.5. The minimum absolute atomic E-state index is 0.334. The number of carbonyl (C=O) groups is 2. The summed E-state index contributed by atoms with van der Waals surface area (Å²) in [6.45, 7) is 5.50. The molecule has 0 saturated carbocycles. The summed E-state index contributed by atoms with van der Waals surface area (Å²) in [4.78, 5) is 22.3. The molecule has 0 spiro atoms. The lowest BCUT2D eigenvalue weighted by Gasteiger charge is -2.12. The molecule has 0 radical (unpaired) electrons. The molecule has 5 heteroatoms. The maximum absolute atomic E-state index is 11.2. The Bertz CT molecular complexity index is 1480. The molecule has 0 atom stereocenters. The van der Waals surface area contributed by atoms with Gasteiger partial charge in [0.2, 0.25) is 0 Å². The van der Waals surface area contributed by atoms with E-state index in [1.165, 1.54) is 13.8 Å². The Hall–Kier alpha value is -4.64. The number of fused-ring (bicyclic) bond motifs is 1. The molecule has 4 aromatic rings. The summed E-state index contributed by atoms with van der Waals surface area (Å²) in [6, 6.07) is 25.2. The van der Waals surface area contributed by atoms with Gasteiger partial charge in [0, 0.05) is 19.4 Å². The van der Waals surface area contributed by atoms with E-state index in [0.717, 1.165) is 45.2 Å². The third kappa shape index (κ3) is 7.20. The SMILES string of the molecule is CCCOc1ccc2cc(/C=C/c3ccc(OC(C)=O)cc3)ccc2c1/C=C/c1ccc(OC(C)=O)cc1. The maximum Gasteiger partial charge on any atom is 0.308 e. The van der Waals surface area contributed by atoms with Crippen molar-refractivity contribution in [1.29, 1.82) is 0 Å². The van der Waals surface area contributed by atoms with Gasteiger partial charge in [0.05, 0.1) is 6.61 Å². The summed E-state index contributed by atoms with van der Waals surface area (Å²) in [5, 5.41) is 2.19. The minimum atomic E-state index is -0.340. The van der Waals surface area contributed by atoms with Crippen LogP contribution in [0.15, 0.2) is 78.9 Å². The van der Waals surface area contributed by atoms with E-state index >= 15 is 0 Å². The van der Waals surface area contributed by atoms with Crippen molar-refractivity contribution >= 4 is 47.0 Å². The largest absolute Gasteiger partial charge is 0.493 e. The fourth-order valence-electron chi connectivity index (χ4n) is 3.96. The number of ether oxygens (including phenoxy) is 3. The van der Waals surface area contributed by atoms with Crippen molar-refractivity contribution in [2.45, 2.75) is 27.2 Å². The third-order valence-corrected chi connectivity index (χ3v) is 5.70. The van der Waals surface area contributed by atoms with Gasteiger partial charge in [-0.1, -0.05) is 73.7 Å². The number of hydrogen-bond donors (Lipinski definition) is 0. The van der Waals surface area contributed by atoms with E-state index in [1.807, 2.05) is 42.5 Å². The monoisotopic (exact) mass is 506 g/mol. The van der Waals surface area contributed by atoms with E-state index in [0.29, 0.717) is 18.1 Å². The van der Waals surface area contributed by atoms with E-state index in [2.05, 4.69) is 43.3 Å². The zero-order valence-electron chi connectivity index (χ0n) is 21.8. The fourth-order valence-corrected chi connectivity index (χ4v) is 3.96. The number of esters is 2. The van der Waals surface area contributed by atoms with Crippen LogP contribution in [0.2, 0.25) is 0 Å². The van der Waals surface area contributed by atoms with E-state index < -0.39 is 0 Å². The molecule has 4 rings (SSSR count). The van der Waals surface area contributed by atoms with E-state index in [1.54, 1.807) is 24.3 Å². The number of rotatable bonds is 9. The molecule has 0 aliphatic heterocycles. The number of benzene rings is 4. The van der Waals surface area contributed by atoms with Gasteiger partial charge in [-0.05, 0) is 70.3 Å². The molecular formula is C33H30O5. The van der Waals surface area contributed by atoms with Gasteiger partial charge >= 0.3 is 11.9 Å². The molecule has 0 aliphatic rings. The van der Waals surface area contributed by atoms with Gasteiger partial charge in [-0.2, -0.15) is 0 Å². The zero-order chi connectivity index (χ0) is 26.9. The smallest absolute Gasteiger partial charge is 0.308 e. The highest BCUT2D eigenvalue weighted by Gasteiger charge is 2.08. The molecular weight excluding hydrogens is 476 g/mol. The highest BCUT2D eigenvalue weighted by Crippen LogP contribution is 2.31. The molecule has 4 aromatic carbocycles. The fraction of sp³-hybridized carbons (Fsp3) is 0.152. The third-order valence-electron chi connectivity index (χ3n) is 5.70. The summed E-state index contributed by atoms with van der Waals surface area (Å²) < 4.78 is 16.3. The van der Waals surface area contributed by atoms with Gasteiger partial charge < -0.3 is 14.2 Å². The van der Waals surface area contributed by atoms with Crippen LogP contribution >= 0.6 is 0 Å². The second kappa shape index (κ2) is 12.5. The molecule has 0 heterocycles. The predicted molar refractivity (Wildman–Crippen MR) is 153 cm³/mol. The average molecular weight is 507 g/mol. The van der Waals surface area contributed by atoms with Gasteiger partial charge in [0.25, 0.3) is 0 Å². The summed E-state index contributed by atoms with van der Waals surface area (Å²) in [5.74, 6) is 1.21. The van der Waals surface area contributed by atoms with Crippen molar-refractivity contribution in [1.82, 2.24) is 0 Å². The topological polar surface area (TPSA) is 61.8 Å². The quantitative estimate of drug-likeness (QED) is 0.132. The summed E-state index contributed by atoms with van der Waals surface area (Å²) in [7, 11) is 0. The molecule has 0 aliphatic carbocycles. The van der Waals surface area contributed by atoms with Crippen LogP contribution in [0.1, 0.15) is 49.4 Å². The maximum atomic E-state index is 11.2. The Labute approximate surface area is 223 Å². The van der Waals surface area contributed by atoms with Crippen molar-refractivity contribution in [3.63, 3.8) is 0 Å². The summed E-state index contributed by atoms with van der Waals surface area (Å²) in [6.07, 6.45) is 9.09. The number of hydrogen-bond acceptors (Lipinski definition) is 5. The molecule has 192 valence electrons. The molecule has 38 heavy (non-hydrogen) atoms. The molecule has 0 saturated heterocycles.